The molecule has 0 N–H and O–H groups in total. The van der Waals surface area contributed by atoms with Crippen molar-refractivity contribution in [3.8, 4) is 22.5 Å². The summed E-state index contributed by atoms with van der Waals surface area (Å²) in [6.45, 7) is 1.82. The molecule has 0 saturated carbocycles. The van der Waals surface area contributed by atoms with Crippen LogP contribution in [0.3, 0.4) is 0 Å². The van der Waals surface area contributed by atoms with Gasteiger partial charge in [0.05, 0.1) is 17.9 Å². The van der Waals surface area contributed by atoms with Crippen LogP contribution in [0.25, 0.3) is 22.5 Å². The van der Waals surface area contributed by atoms with E-state index in [4.69, 9.17) is 16.6 Å². The van der Waals surface area contributed by atoms with E-state index in [-0.39, 0.29) is 0 Å². The first-order valence-electron chi connectivity index (χ1n) is 8.28. The van der Waals surface area contributed by atoms with E-state index in [2.05, 4.69) is 33.8 Å². The maximum Gasteiger partial charge on any atom is 0.109 e. The molecule has 0 unspecified atom stereocenters. The number of aryl methyl sites for hydroxylation is 1. The number of fused-ring (bicyclic) bond motifs is 2. The summed E-state index contributed by atoms with van der Waals surface area (Å²) < 4.78 is 2.37. The van der Waals surface area contributed by atoms with Crippen molar-refractivity contribution < 1.29 is 0 Å². The second-order valence-corrected chi connectivity index (χ2v) is 6.81. The molecule has 0 fully saturated rings. The van der Waals surface area contributed by atoms with Gasteiger partial charge in [0, 0.05) is 35.3 Å². The van der Waals surface area contributed by atoms with Gasteiger partial charge in [-0.3, -0.25) is 4.99 Å². The molecular formula is C20H16ClN3. The summed E-state index contributed by atoms with van der Waals surface area (Å²) >= 11 is 6.21. The van der Waals surface area contributed by atoms with Crippen LogP contribution in [0.5, 0.6) is 0 Å². The van der Waals surface area contributed by atoms with E-state index in [9.17, 15) is 0 Å². The van der Waals surface area contributed by atoms with Gasteiger partial charge in [0.25, 0.3) is 0 Å². The highest BCUT2D eigenvalue weighted by Gasteiger charge is 2.24. The summed E-state index contributed by atoms with van der Waals surface area (Å²) in [4.78, 5) is 9.32. The van der Waals surface area contributed by atoms with E-state index >= 15 is 0 Å². The molecule has 2 aliphatic heterocycles. The molecule has 118 valence electrons. The molecule has 24 heavy (non-hydrogen) atoms. The zero-order valence-electron chi connectivity index (χ0n) is 13.2. The molecule has 0 saturated heterocycles. The summed E-state index contributed by atoms with van der Waals surface area (Å²) in [7, 11) is 0. The van der Waals surface area contributed by atoms with Crippen LogP contribution in [0.4, 0.5) is 0 Å². The van der Waals surface area contributed by atoms with Crippen LogP contribution in [0.1, 0.15) is 23.4 Å². The maximum atomic E-state index is 6.21. The molecule has 0 amide bonds. The van der Waals surface area contributed by atoms with Crippen LogP contribution in [0.15, 0.2) is 47.5 Å². The second kappa shape index (κ2) is 5.32. The molecule has 2 aliphatic rings. The van der Waals surface area contributed by atoms with E-state index in [1.54, 1.807) is 0 Å². The lowest BCUT2D eigenvalue weighted by atomic mass is 10.0. The molecule has 0 bridgehead atoms. The van der Waals surface area contributed by atoms with Gasteiger partial charge in [-0.25, -0.2) is 4.98 Å². The fraction of sp³-hybridized carbons (Fsp3) is 0.200. The topological polar surface area (TPSA) is 30.2 Å². The van der Waals surface area contributed by atoms with Crippen molar-refractivity contribution in [1.82, 2.24) is 9.55 Å². The average Bonchev–Trinajstić information content (AvgIpc) is 3.29. The zero-order chi connectivity index (χ0) is 16.1. The van der Waals surface area contributed by atoms with E-state index < -0.39 is 0 Å². The van der Waals surface area contributed by atoms with Crippen molar-refractivity contribution >= 4 is 17.8 Å². The van der Waals surface area contributed by atoms with E-state index in [0.29, 0.717) is 0 Å². The molecule has 0 atom stereocenters. The Labute approximate surface area is 145 Å². The van der Waals surface area contributed by atoms with Gasteiger partial charge in [-0.1, -0.05) is 35.9 Å². The monoisotopic (exact) mass is 333 g/mol. The SMILES string of the molecule is Clc1cccc(-c2nc3n(c2-c2ccc4c(c2)C=NC4)CCC3)c1. The molecule has 1 aromatic heterocycles. The summed E-state index contributed by atoms with van der Waals surface area (Å²) in [6.07, 6.45) is 4.18. The first-order valence-corrected chi connectivity index (χ1v) is 8.66. The quantitative estimate of drug-likeness (QED) is 0.665. The Morgan fingerprint density at radius 2 is 2.00 bits per heavy atom. The molecular weight excluding hydrogens is 318 g/mol. The molecule has 3 nitrogen and oxygen atoms in total. The minimum absolute atomic E-state index is 0.743. The summed E-state index contributed by atoms with van der Waals surface area (Å²) in [5.74, 6) is 1.18. The van der Waals surface area contributed by atoms with Crippen LogP contribution in [0.2, 0.25) is 5.02 Å². The van der Waals surface area contributed by atoms with E-state index in [1.165, 1.54) is 28.2 Å². The van der Waals surface area contributed by atoms with Crippen LogP contribution in [-0.2, 0) is 19.5 Å². The van der Waals surface area contributed by atoms with Gasteiger partial charge in [0.1, 0.15) is 5.82 Å². The van der Waals surface area contributed by atoms with Gasteiger partial charge < -0.3 is 4.57 Å². The van der Waals surface area contributed by atoms with Crippen molar-refractivity contribution in [3.05, 3.63) is 64.4 Å². The number of nitrogens with zero attached hydrogens (tertiary/aromatic N) is 3. The number of rotatable bonds is 2. The number of aromatic nitrogens is 2. The summed E-state index contributed by atoms with van der Waals surface area (Å²) in [5, 5.41) is 0.743. The Morgan fingerprint density at radius 1 is 1.04 bits per heavy atom. The molecule has 5 rings (SSSR count). The van der Waals surface area contributed by atoms with Crippen LogP contribution < -0.4 is 0 Å². The Balaban J connectivity index is 1.74. The minimum atomic E-state index is 0.743. The predicted octanol–water partition coefficient (Wildman–Crippen LogP) is 4.75. The number of hydrogen-bond donors (Lipinski definition) is 0. The third-order valence-corrected chi connectivity index (χ3v) is 5.07. The van der Waals surface area contributed by atoms with Gasteiger partial charge in [0.2, 0.25) is 0 Å². The fourth-order valence-corrected chi connectivity index (χ4v) is 3.89. The van der Waals surface area contributed by atoms with E-state index in [1.807, 2.05) is 24.4 Å². The van der Waals surface area contributed by atoms with Crippen LogP contribution in [0, 0.1) is 0 Å². The summed E-state index contributed by atoms with van der Waals surface area (Å²) in [6, 6.07) is 14.6. The minimum Gasteiger partial charge on any atom is -0.327 e. The average molecular weight is 334 g/mol. The highest BCUT2D eigenvalue weighted by atomic mass is 35.5. The van der Waals surface area contributed by atoms with Gasteiger partial charge in [-0.2, -0.15) is 0 Å². The van der Waals surface area contributed by atoms with Crippen LogP contribution in [-0.4, -0.2) is 15.8 Å². The van der Waals surface area contributed by atoms with Crippen LogP contribution >= 0.6 is 11.6 Å². The molecule has 2 aromatic carbocycles. The predicted molar refractivity (Wildman–Crippen MR) is 97.7 cm³/mol. The molecule has 3 heterocycles. The third kappa shape index (κ3) is 2.12. The molecule has 3 aromatic rings. The van der Waals surface area contributed by atoms with Gasteiger partial charge >= 0.3 is 0 Å². The molecule has 0 radical (unpaired) electrons. The van der Waals surface area contributed by atoms with Crippen molar-refractivity contribution in [2.75, 3.05) is 0 Å². The Bertz CT molecular complexity index is 985. The van der Waals surface area contributed by atoms with Crippen molar-refractivity contribution in [2.45, 2.75) is 25.9 Å². The lowest BCUT2D eigenvalue weighted by molar-refractivity contribution is 0.756. The lowest BCUT2D eigenvalue weighted by Crippen LogP contribution is -1.97. The smallest absolute Gasteiger partial charge is 0.109 e. The van der Waals surface area contributed by atoms with E-state index in [0.717, 1.165) is 42.2 Å². The Morgan fingerprint density at radius 3 is 2.92 bits per heavy atom. The van der Waals surface area contributed by atoms with Crippen molar-refractivity contribution in [1.29, 1.82) is 0 Å². The number of imidazole rings is 1. The molecule has 4 heteroatoms. The lowest BCUT2D eigenvalue weighted by Gasteiger charge is -2.10. The largest absolute Gasteiger partial charge is 0.327 e. The van der Waals surface area contributed by atoms with Gasteiger partial charge in [-0.15, -0.1) is 0 Å². The summed E-state index contributed by atoms with van der Waals surface area (Å²) in [5.41, 5.74) is 7.03. The highest BCUT2D eigenvalue weighted by Crippen LogP contribution is 2.37. The van der Waals surface area contributed by atoms with Crippen molar-refractivity contribution in [3.63, 3.8) is 0 Å². The molecule has 0 aliphatic carbocycles. The highest BCUT2D eigenvalue weighted by molar-refractivity contribution is 6.30. The number of hydrogen-bond acceptors (Lipinski definition) is 2. The third-order valence-electron chi connectivity index (χ3n) is 4.84. The maximum absolute atomic E-state index is 6.21. The van der Waals surface area contributed by atoms with Crippen molar-refractivity contribution in [2.24, 2.45) is 4.99 Å². The number of halogens is 1. The first-order chi connectivity index (χ1) is 11.8. The fourth-order valence-electron chi connectivity index (χ4n) is 3.70. The van der Waals surface area contributed by atoms with Gasteiger partial charge in [0.15, 0.2) is 0 Å². The van der Waals surface area contributed by atoms with Gasteiger partial charge in [-0.05, 0) is 35.7 Å². The Kier molecular flexibility index (Phi) is 3.10. The first kappa shape index (κ1) is 14.0. The zero-order valence-corrected chi connectivity index (χ0v) is 13.9. The standard InChI is InChI=1S/C20H16ClN3/c21-17-4-1-3-13(10-17)19-20(24-8-2-5-18(24)23-19)14-6-7-15-11-22-12-16(15)9-14/h1,3-4,6-7,9-10,12H,2,5,8,11H2. The normalized spacial score (nSPS) is 14.9. The molecule has 0 spiro atoms. The number of aliphatic imine (C=N–C) groups is 1. The second-order valence-electron chi connectivity index (χ2n) is 6.37. The number of benzene rings is 2. The Hall–Kier alpha value is -2.39.